The summed E-state index contributed by atoms with van der Waals surface area (Å²) in [4.78, 5) is 16.6. The zero-order chi connectivity index (χ0) is 21.8. The molecule has 1 aromatic carbocycles. The van der Waals surface area contributed by atoms with Gasteiger partial charge in [0.1, 0.15) is 5.75 Å². The van der Waals surface area contributed by atoms with Crippen molar-refractivity contribution in [2.24, 2.45) is 4.99 Å². The molecule has 0 fully saturated rings. The highest BCUT2D eigenvalue weighted by Crippen LogP contribution is 2.21. The zero-order valence-electron chi connectivity index (χ0n) is 18.9. The van der Waals surface area contributed by atoms with E-state index >= 15 is 0 Å². The molecule has 8 heteroatoms. The largest absolute Gasteiger partial charge is 0.497 e. The highest BCUT2D eigenvalue weighted by atomic mass is 127. The van der Waals surface area contributed by atoms with Gasteiger partial charge in [0, 0.05) is 31.7 Å². The van der Waals surface area contributed by atoms with Crippen LogP contribution in [0.1, 0.15) is 54.3 Å². The number of halogens is 1. The van der Waals surface area contributed by atoms with Gasteiger partial charge < -0.3 is 25.1 Å². The average molecular weight is 542 g/mol. The number of carbonyl (C=O) groups excluding carboxylic acids is 1. The standard InChI is InChI=1S/C23H34N4O3.HI/c1-5-24-23(26-14-6-13-25-22(28)21-18(3)12-16-30-21)27-15-11-17(2)19-7-9-20(29-4)10-8-19;/h7-10,12,16-17H,5-6,11,13-15H2,1-4H3,(H,25,28)(H2,24,26,27);1H. The van der Waals surface area contributed by atoms with Gasteiger partial charge in [0.05, 0.1) is 13.4 Å². The van der Waals surface area contributed by atoms with E-state index in [1.54, 1.807) is 13.2 Å². The van der Waals surface area contributed by atoms with Crippen molar-refractivity contribution in [1.82, 2.24) is 16.0 Å². The van der Waals surface area contributed by atoms with E-state index < -0.39 is 0 Å². The summed E-state index contributed by atoms with van der Waals surface area (Å²) in [6.45, 7) is 8.92. The number of nitrogens with zero attached hydrogens (tertiary/aromatic N) is 1. The number of aliphatic imine (C=N–C) groups is 1. The fraction of sp³-hybridized carbons (Fsp3) is 0.478. The van der Waals surface area contributed by atoms with Crippen LogP contribution in [0.25, 0.3) is 0 Å². The Bertz CT molecular complexity index is 805. The van der Waals surface area contributed by atoms with Crippen molar-refractivity contribution in [3.8, 4) is 5.75 Å². The number of hydrogen-bond donors (Lipinski definition) is 3. The molecule has 1 amide bonds. The number of guanidine groups is 1. The van der Waals surface area contributed by atoms with E-state index in [2.05, 4.69) is 40.0 Å². The minimum atomic E-state index is -0.181. The maximum absolute atomic E-state index is 12.0. The number of hydrogen-bond acceptors (Lipinski definition) is 4. The Morgan fingerprint density at radius 3 is 2.48 bits per heavy atom. The molecule has 0 aliphatic rings. The summed E-state index contributed by atoms with van der Waals surface area (Å²) < 4.78 is 10.4. The van der Waals surface area contributed by atoms with Gasteiger partial charge in [-0.25, -0.2) is 0 Å². The molecular weight excluding hydrogens is 507 g/mol. The monoisotopic (exact) mass is 542 g/mol. The topological polar surface area (TPSA) is 87.9 Å². The molecule has 1 aromatic heterocycles. The predicted octanol–water partition coefficient (Wildman–Crippen LogP) is 4.08. The minimum Gasteiger partial charge on any atom is -0.497 e. The number of furan rings is 1. The highest BCUT2D eigenvalue weighted by Gasteiger charge is 2.11. The molecule has 0 aliphatic carbocycles. The van der Waals surface area contributed by atoms with Crippen LogP contribution in [0.15, 0.2) is 46.0 Å². The fourth-order valence-electron chi connectivity index (χ4n) is 3.01. The van der Waals surface area contributed by atoms with Crippen LogP contribution in [0.4, 0.5) is 0 Å². The molecule has 7 nitrogen and oxygen atoms in total. The van der Waals surface area contributed by atoms with E-state index in [9.17, 15) is 4.79 Å². The first-order valence-electron chi connectivity index (χ1n) is 10.5. The van der Waals surface area contributed by atoms with Crippen LogP contribution < -0.4 is 20.7 Å². The first-order chi connectivity index (χ1) is 14.5. The molecule has 2 aromatic rings. The van der Waals surface area contributed by atoms with Crippen LogP contribution in [0, 0.1) is 6.92 Å². The minimum absolute atomic E-state index is 0. The van der Waals surface area contributed by atoms with E-state index in [0.29, 0.717) is 24.8 Å². The maximum atomic E-state index is 12.0. The molecule has 0 aliphatic heterocycles. The molecule has 0 bridgehead atoms. The third kappa shape index (κ3) is 9.20. The predicted molar refractivity (Wildman–Crippen MR) is 136 cm³/mol. The first-order valence-corrected chi connectivity index (χ1v) is 10.5. The fourth-order valence-corrected chi connectivity index (χ4v) is 3.01. The summed E-state index contributed by atoms with van der Waals surface area (Å²) in [5.41, 5.74) is 2.13. The number of carbonyl (C=O) groups is 1. The van der Waals surface area contributed by atoms with Gasteiger partial charge in [0.15, 0.2) is 11.7 Å². The van der Waals surface area contributed by atoms with E-state index in [1.807, 2.05) is 26.0 Å². The summed E-state index contributed by atoms with van der Waals surface area (Å²) >= 11 is 0. The smallest absolute Gasteiger partial charge is 0.287 e. The summed E-state index contributed by atoms with van der Waals surface area (Å²) in [7, 11) is 1.68. The van der Waals surface area contributed by atoms with E-state index in [1.165, 1.54) is 11.8 Å². The zero-order valence-corrected chi connectivity index (χ0v) is 21.2. The Morgan fingerprint density at radius 1 is 1.13 bits per heavy atom. The molecule has 31 heavy (non-hydrogen) atoms. The Morgan fingerprint density at radius 2 is 1.87 bits per heavy atom. The molecule has 1 heterocycles. The van der Waals surface area contributed by atoms with Gasteiger partial charge >= 0.3 is 0 Å². The van der Waals surface area contributed by atoms with Crippen molar-refractivity contribution >= 4 is 35.8 Å². The lowest BCUT2D eigenvalue weighted by atomic mass is 9.98. The third-order valence-corrected chi connectivity index (χ3v) is 4.86. The first kappa shape index (κ1) is 26.8. The van der Waals surface area contributed by atoms with Crippen molar-refractivity contribution < 1.29 is 13.9 Å². The maximum Gasteiger partial charge on any atom is 0.287 e. The van der Waals surface area contributed by atoms with Gasteiger partial charge in [0.2, 0.25) is 0 Å². The van der Waals surface area contributed by atoms with Crippen LogP contribution in [0.2, 0.25) is 0 Å². The molecular formula is C23H35IN4O3. The van der Waals surface area contributed by atoms with Gasteiger partial charge in [-0.15, -0.1) is 24.0 Å². The summed E-state index contributed by atoms with van der Waals surface area (Å²) in [6, 6.07) is 10.00. The van der Waals surface area contributed by atoms with E-state index in [-0.39, 0.29) is 29.9 Å². The summed E-state index contributed by atoms with van der Waals surface area (Å²) in [5, 5.41) is 9.51. The number of amides is 1. The van der Waals surface area contributed by atoms with Crippen molar-refractivity contribution in [3.63, 3.8) is 0 Å². The molecule has 0 saturated carbocycles. The molecule has 0 radical (unpaired) electrons. The molecule has 1 atom stereocenters. The molecule has 3 N–H and O–H groups in total. The Kier molecular flexibility index (Phi) is 12.7. The third-order valence-electron chi connectivity index (χ3n) is 4.86. The van der Waals surface area contributed by atoms with Crippen LogP contribution in [-0.2, 0) is 0 Å². The Labute approximate surface area is 202 Å². The summed E-state index contributed by atoms with van der Waals surface area (Å²) in [5.74, 6) is 2.30. The van der Waals surface area contributed by atoms with Crippen molar-refractivity contribution in [2.75, 3.05) is 33.3 Å². The van der Waals surface area contributed by atoms with Crippen LogP contribution in [-0.4, -0.2) is 45.2 Å². The molecule has 0 saturated heterocycles. The summed E-state index contributed by atoms with van der Waals surface area (Å²) in [6.07, 6.45) is 3.28. The number of rotatable bonds is 11. The average Bonchev–Trinajstić information content (AvgIpc) is 3.19. The Hall–Kier alpha value is -2.23. The van der Waals surface area contributed by atoms with Gasteiger partial charge in [-0.3, -0.25) is 9.79 Å². The number of ether oxygens (including phenoxy) is 1. The Balaban J connectivity index is 0.00000480. The van der Waals surface area contributed by atoms with Crippen LogP contribution in [0.5, 0.6) is 5.75 Å². The molecule has 2 rings (SSSR count). The van der Waals surface area contributed by atoms with Gasteiger partial charge in [-0.2, -0.15) is 0 Å². The van der Waals surface area contributed by atoms with Gasteiger partial charge in [-0.1, -0.05) is 19.1 Å². The van der Waals surface area contributed by atoms with Crippen molar-refractivity contribution in [1.29, 1.82) is 0 Å². The second-order valence-electron chi connectivity index (χ2n) is 7.19. The van der Waals surface area contributed by atoms with Crippen molar-refractivity contribution in [2.45, 2.75) is 39.5 Å². The lowest BCUT2D eigenvalue weighted by molar-refractivity contribution is 0.0925. The van der Waals surface area contributed by atoms with Crippen LogP contribution >= 0.6 is 24.0 Å². The second-order valence-corrected chi connectivity index (χ2v) is 7.19. The van der Waals surface area contributed by atoms with E-state index in [4.69, 9.17) is 9.15 Å². The van der Waals surface area contributed by atoms with Gasteiger partial charge in [0.25, 0.3) is 5.91 Å². The van der Waals surface area contributed by atoms with Gasteiger partial charge in [-0.05, 0) is 56.4 Å². The SMILES string of the molecule is CCNC(=NCCCNC(=O)c1occc1C)NCCC(C)c1ccc(OC)cc1.I. The molecule has 1 unspecified atom stereocenters. The van der Waals surface area contributed by atoms with Crippen LogP contribution in [0.3, 0.4) is 0 Å². The lowest BCUT2D eigenvalue weighted by Crippen LogP contribution is -2.38. The number of nitrogens with one attached hydrogen (secondary N) is 3. The number of aryl methyl sites for hydroxylation is 1. The highest BCUT2D eigenvalue weighted by molar-refractivity contribution is 14.0. The van der Waals surface area contributed by atoms with Crippen molar-refractivity contribution in [3.05, 3.63) is 53.5 Å². The normalized spacial score (nSPS) is 11.9. The number of methoxy groups -OCH3 is 1. The quantitative estimate of drug-likeness (QED) is 0.172. The van der Waals surface area contributed by atoms with E-state index in [0.717, 1.165) is 43.2 Å². The molecule has 0 spiro atoms. The second kappa shape index (κ2) is 14.7. The number of benzene rings is 1. The molecule has 172 valence electrons. The lowest BCUT2D eigenvalue weighted by Gasteiger charge is -2.15.